The molecule has 0 fully saturated rings. The SMILES string of the molecule is CC(NC(=O)C1CN(S(=O)(=O)c2ccc(Cl)cc2)c2ccccc2O1)c1ccc2c(c1)CCC2. The van der Waals surface area contributed by atoms with Crippen LogP contribution in [0.25, 0.3) is 0 Å². The summed E-state index contributed by atoms with van der Waals surface area (Å²) in [6, 6.07) is 18.9. The highest BCUT2D eigenvalue weighted by Crippen LogP contribution is 2.37. The lowest BCUT2D eigenvalue weighted by atomic mass is 10.0. The van der Waals surface area contributed by atoms with Crippen molar-refractivity contribution < 1.29 is 17.9 Å². The second-order valence-electron chi connectivity index (χ2n) is 8.68. The van der Waals surface area contributed by atoms with E-state index in [1.165, 1.54) is 39.7 Å². The second kappa shape index (κ2) is 8.96. The molecule has 1 aliphatic carbocycles. The molecule has 0 spiro atoms. The molecule has 0 saturated carbocycles. The number of nitrogens with one attached hydrogen (secondary N) is 1. The van der Waals surface area contributed by atoms with Crippen LogP contribution in [-0.4, -0.2) is 27.0 Å². The van der Waals surface area contributed by atoms with Gasteiger partial charge in [-0.1, -0.05) is 41.9 Å². The quantitative estimate of drug-likeness (QED) is 0.557. The van der Waals surface area contributed by atoms with E-state index in [-0.39, 0.29) is 23.4 Å². The van der Waals surface area contributed by atoms with Crippen LogP contribution in [0.15, 0.2) is 71.6 Å². The lowest BCUT2D eigenvalue weighted by molar-refractivity contribution is -0.128. The second-order valence-corrected chi connectivity index (χ2v) is 11.0. The number of carbonyl (C=O) groups is 1. The van der Waals surface area contributed by atoms with Gasteiger partial charge in [0, 0.05) is 5.02 Å². The molecule has 1 aliphatic heterocycles. The van der Waals surface area contributed by atoms with Crippen molar-refractivity contribution >= 4 is 33.2 Å². The maximum absolute atomic E-state index is 13.5. The summed E-state index contributed by atoms with van der Waals surface area (Å²) in [7, 11) is -3.93. The summed E-state index contributed by atoms with van der Waals surface area (Å²) in [6.45, 7) is 1.79. The molecule has 2 unspecified atom stereocenters. The first-order chi connectivity index (χ1) is 16.3. The highest BCUT2D eigenvalue weighted by Gasteiger charge is 2.37. The molecule has 176 valence electrons. The molecule has 2 atom stereocenters. The molecule has 2 aliphatic rings. The molecule has 3 aromatic carbocycles. The molecule has 6 nitrogen and oxygen atoms in total. The number of hydrogen-bond donors (Lipinski definition) is 1. The van der Waals surface area contributed by atoms with Gasteiger partial charge in [0.2, 0.25) is 0 Å². The Hall–Kier alpha value is -3.03. The van der Waals surface area contributed by atoms with Gasteiger partial charge in [0.25, 0.3) is 15.9 Å². The lowest BCUT2D eigenvalue weighted by Crippen LogP contribution is -2.51. The number of halogens is 1. The van der Waals surface area contributed by atoms with Crippen LogP contribution >= 0.6 is 11.6 Å². The zero-order chi connectivity index (χ0) is 23.9. The number of amides is 1. The predicted molar refractivity (Wildman–Crippen MR) is 132 cm³/mol. The van der Waals surface area contributed by atoms with Crippen molar-refractivity contribution in [3.63, 3.8) is 0 Å². The molecule has 0 bridgehead atoms. The van der Waals surface area contributed by atoms with Crippen molar-refractivity contribution in [3.8, 4) is 5.75 Å². The highest BCUT2D eigenvalue weighted by molar-refractivity contribution is 7.92. The largest absolute Gasteiger partial charge is 0.476 e. The van der Waals surface area contributed by atoms with Crippen molar-refractivity contribution in [2.75, 3.05) is 10.8 Å². The molecule has 0 radical (unpaired) electrons. The first-order valence-electron chi connectivity index (χ1n) is 11.3. The number of para-hydroxylation sites is 2. The Bertz CT molecular complexity index is 1340. The number of aryl methyl sites for hydroxylation is 2. The summed E-state index contributed by atoms with van der Waals surface area (Å²) in [4.78, 5) is 13.3. The van der Waals surface area contributed by atoms with E-state index in [9.17, 15) is 13.2 Å². The Morgan fingerprint density at radius 1 is 1.06 bits per heavy atom. The van der Waals surface area contributed by atoms with E-state index in [0.29, 0.717) is 16.5 Å². The Morgan fingerprint density at radius 2 is 1.79 bits per heavy atom. The fourth-order valence-corrected chi connectivity index (χ4v) is 6.15. The van der Waals surface area contributed by atoms with Gasteiger partial charge in [-0.2, -0.15) is 0 Å². The standard InChI is InChI=1S/C26H25ClN2O4S/c1-17(19-10-9-18-5-4-6-20(18)15-19)28-26(30)25-16-29(23-7-2-3-8-24(23)33-25)34(31,32)22-13-11-21(27)12-14-22/h2-3,7-15,17,25H,4-6,16H2,1H3,(H,28,30). The third-order valence-electron chi connectivity index (χ3n) is 6.41. The van der Waals surface area contributed by atoms with Gasteiger partial charge in [-0.25, -0.2) is 8.42 Å². The van der Waals surface area contributed by atoms with E-state index in [4.69, 9.17) is 16.3 Å². The number of hydrogen-bond acceptors (Lipinski definition) is 4. The Kier molecular flexibility index (Phi) is 6.00. The van der Waals surface area contributed by atoms with E-state index < -0.39 is 16.1 Å². The summed E-state index contributed by atoms with van der Waals surface area (Å²) >= 11 is 5.94. The normalized spacial score (nSPS) is 17.9. The van der Waals surface area contributed by atoms with Crippen molar-refractivity contribution in [1.29, 1.82) is 0 Å². The Balaban J connectivity index is 1.40. The smallest absolute Gasteiger partial charge is 0.264 e. The number of benzene rings is 3. The number of nitrogens with zero attached hydrogens (tertiary/aromatic N) is 1. The van der Waals surface area contributed by atoms with Gasteiger partial charge in [0.05, 0.1) is 23.2 Å². The van der Waals surface area contributed by atoms with Gasteiger partial charge in [0.1, 0.15) is 5.75 Å². The van der Waals surface area contributed by atoms with E-state index in [1.54, 1.807) is 24.3 Å². The first-order valence-corrected chi connectivity index (χ1v) is 13.1. The van der Waals surface area contributed by atoms with Crippen LogP contribution in [0.5, 0.6) is 5.75 Å². The van der Waals surface area contributed by atoms with Gasteiger partial charge in [-0.3, -0.25) is 9.10 Å². The van der Waals surface area contributed by atoms with Gasteiger partial charge in [0.15, 0.2) is 6.10 Å². The van der Waals surface area contributed by atoms with Crippen molar-refractivity contribution in [2.45, 2.75) is 43.2 Å². The average Bonchev–Trinajstić information content (AvgIpc) is 3.31. The summed E-state index contributed by atoms with van der Waals surface area (Å²) in [6.07, 6.45) is 2.33. The number of carbonyl (C=O) groups excluding carboxylic acids is 1. The predicted octanol–water partition coefficient (Wildman–Crippen LogP) is 4.66. The van der Waals surface area contributed by atoms with Crippen LogP contribution in [0.4, 0.5) is 5.69 Å². The van der Waals surface area contributed by atoms with Crippen LogP contribution in [0.2, 0.25) is 5.02 Å². The number of fused-ring (bicyclic) bond motifs is 2. The Labute approximate surface area is 204 Å². The van der Waals surface area contributed by atoms with Gasteiger partial charge >= 0.3 is 0 Å². The molecule has 8 heteroatoms. The highest BCUT2D eigenvalue weighted by atomic mass is 35.5. The van der Waals surface area contributed by atoms with Gasteiger partial charge in [-0.15, -0.1) is 0 Å². The molecule has 1 amide bonds. The Morgan fingerprint density at radius 3 is 2.59 bits per heavy atom. The lowest BCUT2D eigenvalue weighted by Gasteiger charge is -2.35. The van der Waals surface area contributed by atoms with Crippen molar-refractivity contribution in [2.24, 2.45) is 0 Å². The monoisotopic (exact) mass is 496 g/mol. The van der Waals surface area contributed by atoms with Crippen molar-refractivity contribution in [1.82, 2.24) is 5.32 Å². The summed E-state index contributed by atoms with van der Waals surface area (Å²) in [5, 5.41) is 3.45. The minimum absolute atomic E-state index is 0.0965. The van der Waals surface area contributed by atoms with Crippen LogP contribution in [0.3, 0.4) is 0 Å². The molecule has 1 heterocycles. The fourth-order valence-electron chi connectivity index (χ4n) is 4.55. The average molecular weight is 497 g/mol. The van der Waals surface area contributed by atoms with Crippen molar-refractivity contribution in [3.05, 3.63) is 88.4 Å². The number of anilines is 1. The van der Waals surface area contributed by atoms with E-state index in [2.05, 4.69) is 17.4 Å². The van der Waals surface area contributed by atoms with Crippen LogP contribution in [0, 0.1) is 0 Å². The molecule has 0 saturated heterocycles. The molecule has 1 N–H and O–H groups in total. The van der Waals surface area contributed by atoms with Crippen LogP contribution in [0.1, 0.15) is 36.1 Å². The molecule has 0 aromatic heterocycles. The zero-order valence-corrected chi connectivity index (χ0v) is 20.3. The first kappa shape index (κ1) is 22.7. The number of sulfonamides is 1. The molecule has 5 rings (SSSR count). The van der Waals surface area contributed by atoms with Gasteiger partial charge in [-0.05, 0) is 79.3 Å². The number of ether oxygens (including phenoxy) is 1. The molecule has 3 aromatic rings. The maximum Gasteiger partial charge on any atom is 0.264 e. The van der Waals surface area contributed by atoms with Gasteiger partial charge < -0.3 is 10.1 Å². The topological polar surface area (TPSA) is 75.7 Å². The number of rotatable bonds is 5. The van der Waals surface area contributed by atoms with Crippen LogP contribution < -0.4 is 14.4 Å². The molecular formula is C26H25ClN2O4S. The minimum atomic E-state index is -3.93. The molecular weight excluding hydrogens is 472 g/mol. The van der Waals surface area contributed by atoms with E-state index in [0.717, 1.165) is 24.8 Å². The summed E-state index contributed by atoms with van der Waals surface area (Å²) < 4.78 is 34.1. The third kappa shape index (κ3) is 4.26. The van der Waals surface area contributed by atoms with E-state index >= 15 is 0 Å². The van der Waals surface area contributed by atoms with Crippen LogP contribution in [-0.2, 0) is 27.7 Å². The van der Waals surface area contributed by atoms with E-state index in [1.807, 2.05) is 13.0 Å². The third-order valence-corrected chi connectivity index (χ3v) is 8.46. The minimum Gasteiger partial charge on any atom is -0.476 e. The zero-order valence-electron chi connectivity index (χ0n) is 18.7. The maximum atomic E-state index is 13.5. The fraction of sp³-hybridized carbons (Fsp3) is 0.269. The summed E-state index contributed by atoms with van der Waals surface area (Å²) in [5.74, 6) is -0.0181. The molecule has 34 heavy (non-hydrogen) atoms. The summed E-state index contributed by atoms with van der Waals surface area (Å²) in [5.41, 5.74) is 4.13.